The minimum Gasteiger partial charge on any atom is -0.399 e. The van der Waals surface area contributed by atoms with Crippen LogP contribution in [0.15, 0.2) is 18.2 Å². The molecule has 0 spiro atoms. The Balaban J connectivity index is 2.03. The number of benzene rings is 1. The highest BCUT2D eigenvalue weighted by Gasteiger charge is 2.24. The number of hydrogen-bond donors (Lipinski definition) is 3. The van der Waals surface area contributed by atoms with Crippen LogP contribution in [-0.2, 0) is 11.2 Å². The molecule has 1 aromatic carbocycles. The molecule has 0 fully saturated rings. The van der Waals surface area contributed by atoms with Crippen LogP contribution in [0.5, 0.6) is 0 Å². The van der Waals surface area contributed by atoms with Crippen molar-refractivity contribution in [1.82, 2.24) is 5.32 Å². The number of aliphatic hydroxyl groups excluding tert-OH is 1. The van der Waals surface area contributed by atoms with Gasteiger partial charge in [-0.05, 0) is 42.5 Å². The second-order valence-electron chi connectivity index (χ2n) is 4.88. The Hall–Kier alpha value is -1.10. The van der Waals surface area contributed by atoms with E-state index in [-0.39, 0.29) is 12.6 Å². The maximum absolute atomic E-state index is 9.06. The molecule has 4 N–H and O–H groups in total. The van der Waals surface area contributed by atoms with Crippen LogP contribution in [0, 0.1) is 0 Å². The number of nitrogen functional groups attached to an aromatic ring is 1. The Kier molecular flexibility index (Phi) is 4.58. The summed E-state index contributed by atoms with van der Waals surface area (Å²) in [5.41, 5.74) is 9.31. The summed E-state index contributed by atoms with van der Waals surface area (Å²) >= 11 is 0. The fourth-order valence-electron chi connectivity index (χ4n) is 2.67. The van der Waals surface area contributed by atoms with E-state index < -0.39 is 0 Å². The zero-order chi connectivity index (χ0) is 13.0. The molecule has 100 valence electrons. The second kappa shape index (κ2) is 6.18. The van der Waals surface area contributed by atoms with Crippen LogP contribution < -0.4 is 11.1 Å². The summed E-state index contributed by atoms with van der Waals surface area (Å²) in [6.07, 6.45) is 2.87. The van der Waals surface area contributed by atoms with Crippen molar-refractivity contribution in [2.24, 2.45) is 0 Å². The number of nitrogens with one attached hydrogen (secondary N) is 1. The lowest BCUT2D eigenvalue weighted by molar-refractivity contribution is 0.142. The van der Waals surface area contributed by atoms with Crippen LogP contribution in [-0.4, -0.2) is 31.5 Å². The average Bonchev–Trinajstić information content (AvgIpc) is 2.72. The van der Waals surface area contributed by atoms with Crippen molar-refractivity contribution in [3.05, 3.63) is 29.3 Å². The summed E-state index contributed by atoms with van der Waals surface area (Å²) in [6, 6.07) is 6.68. The molecule has 0 heterocycles. The normalized spacial score (nSPS) is 19.8. The van der Waals surface area contributed by atoms with Crippen molar-refractivity contribution in [3.63, 3.8) is 0 Å². The highest BCUT2D eigenvalue weighted by atomic mass is 16.5. The molecular formula is C14H22N2O2. The minimum atomic E-state index is 0.183. The second-order valence-corrected chi connectivity index (χ2v) is 4.88. The predicted molar refractivity (Wildman–Crippen MR) is 72.4 cm³/mol. The van der Waals surface area contributed by atoms with Gasteiger partial charge in [-0.2, -0.15) is 0 Å². The predicted octanol–water partition coefficient (Wildman–Crippen LogP) is 1.24. The maximum atomic E-state index is 9.06. The molecule has 0 aromatic heterocycles. The van der Waals surface area contributed by atoms with Crippen LogP contribution in [0.4, 0.5) is 5.69 Å². The first-order valence-electron chi connectivity index (χ1n) is 6.48. The number of hydrogen-bond acceptors (Lipinski definition) is 4. The fourth-order valence-corrected chi connectivity index (χ4v) is 2.67. The lowest BCUT2D eigenvalue weighted by Crippen LogP contribution is -2.36. The van der Waals surface area contributed by atoms with E-state index in [4.69, 9.17) is 15.6 Å². The zero-order valence-electron chi connectivity index (χ0n) is 10.9. The topological polar surface area (TPSA) is 67.5 Å². The van der Waals surface area contributed by atoms with Gasteiger partial charge in [-0.15, -0.1) is 0 Å². The number of rotatable bonds is 6. The van der Waals surface area contributed by atoms with Gasteiger partial charge >= 0.3 is 0 Å². The molecule has 1 aromatic rings. The van der Waals surface area contributed by atoms with Crippen molar-refractivity contribution in [3.8, 4) is 0 Å². The highest BCUT2D eigenvalue weighted by Crippen LogP contribution is 2.32. The van der Waals surface area contributed by atoms with E-state index in [0.717, 1.165) is 18.5 Å². The lowest BCUT2D eigenvalue weighted by Gasteiger charge is -2.22. The number of aryl methyl sites for hydroxylation is 1. The van der Waals surface area contributed by atoms with Crippen molar-refractivity contribution in [1.29, 1.82) is 0 Å². The molecule has 0 radical (unpaired) electrons. The quantitative estimate of drug-likeness (QED) is 0.665. The number of anilines is 1. The minimum absolute atomic E-state index is 0.183. The van der Waals surface area contributed by atoms with Gasteiger partial charge in [0.05, 0.1) is 6.61 Å². The van der Waals surface area contributed by atoms with Gasteiger partial charge in [0.1, 0.15) is 0 Å². The van der Waals surface area contributed by atoms with E-state index in [1.54, 1.807) is 7.11 Å². The number of nitrogens with two attached hydrogens (primary N) is 1. The van der Waals surface area contributed by atoms with Crippen molar-refractivity contribution in [2.75, 3.05) is 26.1 Å². The van der Waals surface area contributed by atoms with Crippen LogP contribution in [0.2, 0.25) is 0 Å². The van der Waals surface area contributed by atoms with Gasteiger partial charge in [0.25, 0.3) is 0 Å². The molecule has 0 saturated heterocycles. The summed E-state index contributed by atoms with van der Waals surface area (Å²) in [4.78, 5) is 0. The molecule has 2 atom stereocenters. The molecule has 0 bridgehead atoms. The Labute approximate surface area is 108 Å². The Morgan fingerprint density at radius 2 is 2.39 bits per heavy atom. The number of aliphatic hydroxyl groups is 1. The van der Waals surface area contributed by atoms with Crippen LogP contribution >= 0.6 is 0 Å². The molecule has 0 amide bonds. The maximum Gasteiger partial charge on any atom is 0.0616 e. The first-order valence-corrected chi connectivity index (χ1v) is 6.48. The van der Waals surface area contributed by atoms with E-state index in [2.05, 4.69) is 17.4 Å². The van der Waals surface area contributed by atoms with E-state index >= 15 is 0 Å². The number of fused-ring (bicyclic) bond motifs is 1. The lowest BCUT2D eigenvalue weighted by atomic mass is 10.1. The first-order chi connectivity index (χ1) is 8.74. The van der Waals surface area contributed by atoms with Crippen molar-refractivity contribution >= 4 is 5.69 Å². The van der Waals surface area contributed by atoms with E-state index in [1.807, 2.05) is 6.07 Å². The molecule has 2 rings (SSSR count). The summed E-state index contributed by atoms with van der Waals surface area (Å²) in [5, 5.41) is 12.6. The van der Waals surface area contributed by atoms with Crippen LogP contribution in [0.25, 0.3) is 0 Å². The first kappa shape index (κ1) is 13.3. The number of ether oxygens (including phenoxy) is 1. The number of methoxy groups -OCH3 is 1. The summed E-state index contributed by atoms with van der Waals surface area (Å²) in [5.74, 6) is 0. The average molecular weight is 250 g/mol. The van der Waals surface area contributed by atoms with E-state index in [0.29, 0.717) is 19.1 Å². The van der Waals surface area contributed by atoms with Gasteiger partial charge in [0.2, 0.25) is 0 Å². The molecule has 0 saturated carbocycles. The monoisotopic (exact) mass is 250 g/mol. The summed E-state index contributed by atoms with van der Waals surface area (Å²) in [7, 11) is 1.69. The van der Waals surface area contributed by atoms with Crippen LogP contribution in [0.3, 0.4) is 0 Å². The van der Waals surface area contributed by atoms with E-state index in [1.165, 1.54) is 11.1 Å². The molecule has 0 aliphatic heterocycles. The van der Waals surface area contributed by atoms with Gasteiger partial charge < -0.3 is 20.9 Å². The van der Waals surface area contributed by atoms with Crippen LogP contribution in [0.1, 0.15) is 30.0 Å². The smallest absolute Gasteiger partial charge is 0.0616 e. The molecule has 4 nitrogen and oxygen atoms in total. The summed E-state index contributed by atoms with van der Waals surface area (Å²) < 4.78 is 5.18. The molecule has 2 unspecified atom stereocenters. The fraction of sp³-hybridized carbons (Fsp3) is 0.571. The largest absolute Gasteiger partial charge is 0.399 e. The standard InChI is InChI=1S/C14H22N2O2/c1-18-9-12(6-7-17)16-14-5-2-10-8-11(15)3-4-13(10)14/h3-4,8,12,14,16-17H,2,5-7,9,15H2,1H3. The SMILES string of the molecule is COCC(CCO)NC1CCc2cc(N)ccc21. The van der Waals surface area contributed by atoms with Gasteiger partial charge in [-0.3, -0.25) is 0 Å². The van der Waals surface area contributed by atoms with Crippen molar-refractivity contribution in [2.45, 2.75) is 31.3 Å². The molecule has 1 aliphatic rings. The van der Waals surface area contributed by atoms with E-state index in [9.17, 15) is 0 Å². The Morgan fingerprint density at radius 1 is 1.56 bits per heavy atom. The molecule has 18 heavy (non-hydrogen) atoms. The van der Waals surface area contributed by atoms with Crippen molar-refractivity contribution < 1.29 is 9.84 Å². The Morgan fingerprint density at radius 3 is 3.11 bits per heavy atom. The van der Waals surface area contributed by atoms with Gasteiger partial charge in [0.15, 0.2) is 0 Å². The van der Waals surface area contributed by atoms with Gasteiger partial charge in [-0.1, -0.05) is 6.07 Å². The van der Waals surface area contributed by atoms with Gasteiger partial charge in [0, 0.05) is 31.5 Å². The summed E-state index contributed by atoms with van der Waals surface area (Å²) in [6.45, 7) is 0.809. The third-order valence-electron chi connectivity index (χ3n) is 3.53. The Bertz CT molecular complexity index is 389. The highest BCUT2D eigenvalue weighted by molar-refractivity contribution is 5.47. The van der Waals surface area contributed by atoms with Gasteiger partial charge in [-0.25, -0.2) is 0 Å². The third-order valence-corrected chi connectivity index (χ3v) is 3.53. The molecule has 4 heteroatoms. The molecular weight excluding hydrogens is 228 g/mol. The zero-order valence-corrected chi connectivity index (χ0v) is 10.9. The molecule has 1 aliphatic carbocycles. The third kappa shape index (κ3) is 3.02.